The molecule has 1 amide bonds. The smallest absolute Gasteiger partial charge is 0.270 e. The van der Waals surface area contributed by atoms with Gasteiger partial charge in [0.15, 0.2) is 5.65 Å². The van der Waals surface area contributed by atoms with Crippen molar-refractivity contribution in [2.45, 2.75) is 19.4 Å². The zero-order valence-corrected chi connectivity index (χ0v) is 13.4. The van der Waals surface area contributed by atoms with Crippen LogP contribution in [0.5, 0.6) is 0 Å². The molecule has 4 rings (SSSR count). The summed E-state index contributed by atoms with van der Waals surface area (Å²) in [5, 5.41) is 9.27. The van der Waals surface area contributed by atoms with Crippen molar-refractivity contribution >= 4 is 28.7 Å². The maximum Gasteiger partial charge on any atom is 0.270 e. The molecule has 23 heavy (non-hydrogen) atoms. The molecule has 0 bridgehead atoms. The predicted molar refractivity (Wildman–Crippen MR) is 89.9 cm³/mol. The zero-order chi connectivity index (χ0) is 15.6. The minimum absolute atomic E-state index is 0.150. The number of hydrogen-bond donors (Lipinski definition) is 1. The average molecular weight is 327 g/mol. The van der Waals surface area contributed by atoms with Gasteiger partial charge in [0, 0.05) is 30.1 Å². The van der Waals surface area contributed by atoms with Crippen molar-refractivity contribution in [2.24, 2.45) is 0 Å². The molecule has 0 spiro atoms. The number of hydrogen-bond acceptors (Lipinski definition) is 5. The van der Waals surface area contributed by atoms with E-state index in [0.717, 1.165) is 23.8 Å². The Morgan fingerprint density at radius 1 is 1.30 bits per heavy atom. The van der Waals surface area contributed by atoms with E-state index in [-0.39, 0.29) is 5.91 Å². The highest BCUT2D eigenvalue weighted by Gasteiger charge is 2.19. The van der Waals surface area contributed by atoms with Crippen LogP contribution in [0.15, 0.2) is 35.8 Å². The maximum absolute atomic E-state index is 12.5. The Kier molecular flexibility index (Phi) is 3.70. The van der Waals surface area contributed by atoms with Crippen molar-refractivity contribution in [3.05, 3.63) is 46.4 Å². The lowest BCUT2D eigenvalue weighted by Gasteiger charge is -2.19. The third-order valence-electron chi connectivity index (χ3n) is 4.01. The first-order chi connectivity index (χ1) is 11.3. The fraction of sp³-hybridized carbons (Fsp3) is 0.312. The number of nitrogens with one attached hydrogen (secondary N) is 1. The topological polar surface area (TPSA) is 62.5 Å². The Bertz CT molecular complexity index is 820. The van der Waals surface area contributed by atoms with Gasteiger partial charge in [-0.05, 0) is 24.3 Å². The summed E-state index contributed by atoms with van der Waals surface area (Å²) in [5.74, 6) is 0.793. The fourth-order valence-electron chi connectivity index (χ4n) is 2.86. The van der Waals surface area contributed by atoms with Gasteiger partial charge in [-0.15, -0.1) is 11.3 Å². The van der Waals surface area contributed by atoms with E-state index in [9.17, 15) is 4.79 Å². The predicted octanol–water partition coefficient (Wildman–Crippen LogP) is 2.32. The molecule has 0 unspecified atom stereocenters. The highest BCUT2D eigenvalue weighted by molar-refractivity contribution is 7.09. The van der Waals surface area contributed by atoms with Crippen LogP contribution in [0.2, 0.25) is 0 Å². The molecule has 1 saturated heterocycles. The summed E-state index contributed by atoms with van der Waals surface area (Å²) >= 11 is 1.63. The number of carbonyl (C=O) groups excluding carboxylic acids is 1. The molecule has 118 valence electrons. The van der Waals surface area contributed by atoms with Crippen LogP contribution in [0.25, 0.3) is 5.65 Å². The van der Waals surface area contributed by atoms with Crippen LogP contribution in [-0.4, -0.2) is 33.6 Å². The number of anilines is 1. The second kappa shape index (κ2) is 6.00. The van der Waals surface area contributed by atoms with Crippen LogP contribution >= 0.6 is 11.3 Å². The van der Waals surface area contributed by atoms with Crippen molar-refractivity contribution in [1.29, 1.82) is 0 Å². The van der Waals surface area contributed by atoms with Crippen molar-refractivity contribution in [3.8, 4) is 0 Å². The van der Waals surface area contributed by atoms with Crippen LogP contribution in [0.3, 0.4) is 0 Å². The summed E-state index contributed by atoms with van der Waals surface area (Å²) in [7, 11) is 0. The summed E-state index contributed by atoms with van der Waals surface area (Å²) in [4.78, 5) is 20.3. The molecular formula is C16H17N5OS. The molecule has 1 aliphatic heterocycles. The number of aromatic nitrogens is 3. The molecule has 6 nitrogen and oxygen atoms in total. The normalized spacial score (nSPS) is 14.5. The van der Waals surface area contributed by atoms with Crippen LogP contribution < -0.4 is 10.2 Å². The highest BCUT2D eigenvalue weighted by atomic mass is 32.1. The molecule has 7 heteroatoms. The lowest BCUT2D eigenvalue weighted by molar-refractivity contribution is 0.0946. The number of carbonyl (C=O) groups is 1. The fourth-order valence-corrected chi connectivity index (χ4v) is 3.50. The SMILES string of the molecule is O=C(NCc1cccs1)c1cc(N2CCCC2)n2nccc2n1. The highest BCUT2D eigenvalue weighted by Crippen LogP contribution is 2.21. The van der Waals surface area contributed by atoms with E-state index in [2.05, 4.69) is 20.3 Å². The van der Waals surface area contributed by atoms with Gasteiger partial charge < -0.3 is 10.2 Å². The van der Waals surface area contributed by atoms with Crippen molar-refractivity contribution < 1.29 is 4.79 Å². The van der Waals surface area contributed by atoms with Gasteiger partial charge in [-0.2, -0.15) is 9.61 Å². The third kappa shape index (κ3) is 2.79. The molecule has 1 aliphatic rings. The van der Waals surface area contributed by atoms with Crippen LogP contribution in [0.1, 0.15) is 28.2 Å². The van der Waals surface area contributed by atoms with E-state index in [1.165, 1.54) is 12.8 Å². The monoisotopic (exact) mass is 327 g/mol. The molecule has 1 N–H and O–H groups in total. The van der Waals surface area contributed by atoms with Crippen molar-refractivity contribution in [3.63, 3.8) is 0 Å². The van der Waals surface area contributed by atoms with E-state index in [0.29, 0.717) is 17.9 Å². The second-order valence-electron chi connectivity index (χ2n) is 5.56. The Balaban J connectivity index is 1.62. The van der Waals surface area contributed by atoms with Crippen molar-refractivity contribution in [2.75, 3.05) is 18.0 Å². The number of thiophene rings is 1. The lowest BCUT2D eigenvalue weighted by Crippen LogP contribution is -2.26. The molecule has 1 fully saturated rings. The van der Waals surface area contributed by atoms with Gasteiger partial charge in [-0.25, -0.2) is 4.98 Å². The minimum atomic E-state index is -0.150. The zero-order valence-electron chi connectivity index (χ0n) is 12.6. The Morgan fingerprint density at radius 2 is 2.17 bits per heavy atom. The molecule has 0 atom stereocenters. The Labute approximate surface area is 137 Å². The molecule has 0 saturated carbocycles. The molecule has 0 radical (unpaired) electrons. The van der Waals surface area contributed by atoms with Crippen LogP contribution in [0.4, 0.5) is 5.82 Å². The minimum Gasteiger partial charge on any atom is -0.356 e. The number of amides is 1. The van der Waals surface area contributed by atoms with Crippen LogP contribution in [-0.2, 0) is 6.54 Å². The average Bonchev–Trinajstić information content (AvgIpc) is 3.33. The first kappa shape index (κ1) is 14.2. The Morgan fingerprint density at radius 3 is 2.96 bits per heavy atom. The summed E-state index contributed by atoms with van der Waals surface area (Å²) in [6.07, 6.45) is 4.06. The second-order valence-corrected chi connectivity index (χ2v) is 6.59. The first-order valence-electron chi connectivity index (χ1n) is 7.71. The summed E-state index contributed by atoms with van der Waals surface area (Å²) in [6.45, 7) is 2.52. The van der Waals surface area contributed by atoms with Gasteiger partial charge in [-0.3, -0.25) is 4.79 Å². The van der Waals surface area contributed by atoms with E-state index in [1.807, 2.05) is 29.6 Å². The quantitative estimate of drug-likeness (QED) is 0.799. The van der Waals surface area contributed by atoms with Gasteiger partial charge in [0.05, 0.1) is 12.7 Å². The summed E-state index contributed by atoms with van der Waals surface area (Å²) < 4.78 is 1.81. The third-order valence-corrected chi connectivity index (χ3v) is 4.88. The van der Waals surface area contributed by atoms with E-state index in [4.69, 9.17) is 0 Å². The summed E-state index contributed by atoms with van der Waals surface area (Å²) in [5.41, 5.74) is 1.15. The van der Waals surface area contributed by atoms with Crippen molar-refractivity contribution in [1.82, 2.24) is 19.9 Å². The van der Waals surface area contributed by atoms with Crippen LogP contribution in [0, 0.1) is 0 Å². The molecule has 3 aromatic rings. The molecule has 0 aliphatic carbocycles. The molecule has 4 heterocycles. The first-order valence-corrected chi connectivity index (χ1v) is 8.59. The van der Waals surface area contributed by atoms with Gasteiger partial charge in [0.1, 0.15) is 11.5 Å². The van der Waals surface area contributed by atoms with Gasteiger partial charge in [-0.1, -0.05) is 6.07 Å². The van der Waals surface area contributed by atoms with Gasteiger partial charge in [0.2, 0.25) is 0 Å². The summed E-state index contributed by atoms with van der Waals surface area (Å²) in [6, 6.07) is 7.66. The standard InChI is InChI=1S/C16H17N5OS/c22-16(17-11-12-4-3-9-23-12)13-10-15(20-7-1-2-8-20)21-14(19-13)5-6-18-21/h3-6,9-10H,1-2,7-8,11H2,(H,17,22). The van der Waals surface area contributed by atoms with E-state index < -0.39 is 0 Å². The molecular weight excluding hydrogens is 310 g/mol. The maximum atomic E-state index is 12.5. The van der Waals surface area contributed by atoms with E-state index >= 15 is 0 Å². The Hall–Kier alpha value is -2.41. The lowest BCUT2D eigenvalue weighted by atomic mass is 10.3. The molecule has 0 aromatic carbocycles. The van der Waals surface area contributed by atoms with Gasteiger partial charge in [0.25, 0.3) is 5.91 Å². The number of rotatable bonds is 4. The number of fused-ring (bicyclic) bond motifs is 1. The number of nitrogens with zero attached hydrogens (tertiary/aromatic N) is 4. The molecule has 3 aromatic heterocycles. The largest absolute Gasteiger partial charge is 0.356 e. The van der Waals surface area contributed by atoms with Gasteiger partial charge >= 0.3 is 0 Å². The van der Waals surface area contributed by atoms with E-state index in [1.54, 1.807) is 22.0 Å².